The largest absolute Gasteiger partial charge is 0.348 e. The van der Waals surface area contributed by atoms with Gasteiger partial charge in [0, 0.05) is 24.3 Å². The maximum Gasteiger partial charge on any atom is 0.263 e. The Morgan fingerprint density at radius 2 is 1.68 bits per heavy atom. The molecule has 3 aromatic carbocycles. The summed E-state index contributed by atoms with van der Waals surface area (Å²) in [5.74, 6) is -0.371. The van der Waals surface area contributed by atoms with E-state index in [1.807, 2.05) is 25.1 Å². The molecule has 0 radical (unpaired) electrons. The Balaban J connectivity index is 1.41. The molecule has 0 unspecified atom stereocenters. The summed E-state index contributed by atoms with van der Waals surface area (Å²) < 4.78 is 28.3. The average molecular weight is 498 g/mol. The van der Waals surface area contributed by atoms with Crippen molar-refractivity contribution in [3.8, 4) is 0 Å². The molecule has 34 heavy (non-hydrogen) atoms. The number of benzene rings is 3. The molecule has 0 aromatic heterocycles. The van der Waals surface area contributed by atoms with Crippen LogP contribution in [0.3, 0.4) is 0 Å². The Kier molecular flexibility index (Phi) is 7.56. The van der Waals surface area contributed by atoms with Crippen molar-refractivity contribution in [1.29, 1.82) is 0 Å². The van der Waals surface area contributed by atoms with Gasteiger partial charge >= 0.3 is 0 Å². The Labute approximate surface area is 206 Å². The minimum atomic E-state index is -3.96. The van der Waals surface area contributed by atoms with E-state index in [9.17, 15) is 13.2 Å². The smallest absolute Gasteiger partial charge is 0.263 e. The highest BCUT2D eigenvalue weighted by Gasteiger charge is 2.20. The van der Waals surface area contributed by atoms with Crippen LogP contribution in [0.2, 0.25) is 5.02 Å². The van der Waals surface area contributed by atoms with E-state index in [2.05, 4.69) is 27.1 Å². The quantitative estimate of drug-likeness (QED) is 0.460. The normalized spacial score (nSPS) is 14.2. The lowest BCUT2D eigenvalue weighted by atomic mass is 10.1. The number of nitrogens with one attached hydrogen (secondary N) is 2. The van der Waals surface area contributed by atoms with Crippen LogP contribution in [-0.4, -0.2) is 32.3 Å². The molecule has 0 spiro atoms. The monoisotopic (exact) mass is 497 g/mol. The summed E-state index contributed by atoms with van der Waals surface area (Å²) in [5.41, 5.74) is 3.80. The van der Waals surface area contributed by atoms with Crippen molar-refractivity contribution in [1.82, 2.24) is 10.2 Å². The molecule has 6 nitrogen and oxygen atoms in total. The molecular formula is C26H28ClN3O3S. The molecule has 1 aliphatic heterocycles. The molecule has 0 atom stereocenters. The van der Waals surface area contributed by atoms with Gasteiger partial charge in [-0.05, 0) is 79.9 Å². The van der Waals surface area contributed by atoms with Crippen LogP contribution in [0.4, 0.5) is 5.69 Å². The maximum atomic E-state index is 12.9. The van der Waals surface area contributed by atoms with Crippen LogP contribution >= 0.6 is 11.6 Å². The highest BCUT2D eigenvalue weighted by molar-refractivity contribution is 7.92. The van der Waals surface area contributed by atoms with Crippen LogP contribution < -0.4 is 10.0 Å². The van der Waals surface area contributed by atoms with Crippen LogP contribution in [-0.2, 0) is 23.1 Å². The van der Waals surface area contributed by atoms with E-state index in [0.717, 1.165) is 30.8 Å². The maximum absolute atomic E-state index is 12.9. The highest BCUT2D eigenvalue weighted by Crippen LogP contribution is 2.25. The lowest BCUT2D eigenvalue weighted by Gasteiger charge is -2.15. The second kappa shape index (κ2) is 10.6. The number of hydrogen-bond donors (Lipinski definition) is 2. The SMILES string of the molecule is Cc1cccc(NS(=O)(=O)c2cc(C(=O)NCc3ccc(CN4CCCC4)cc3)ccc2Cl)c1. The summed E-state index contributed by atoms with van der Waals surface area (Å²) in [6.07, 6.45) is 2.53. The first-order valence-electron chi connectivity index (χ1n) is 11.3. The van der Waals surface area contributed by atoms with Gasteiger partial charge in [-0.15, -0.1) is 0 Å². The molecule has 1 saturated heterocycles. The van der Waals surface area contributed by atoms with Crippen LogP contribution in [0.5, 0.6) is 0 Å². The molecule has 1 fully saturated rings. The van der Waals surface area contributed by atoms with Gasteiger partial charge in [0.25, 0.3) is 15.9 Å². The highest BCUT2D eigenvalue weighted by atomic mass is 35.5. The minimum Gasteiger partial charge on any atom is -0.348 e. The Hall–Kier alpha value is -2.87. The average Bonchev–Trinajstić information content (AvgIpc) is 3.31. The van der Waals surface area contributed by atoms with Crippen LogP contribution in [0.15, 0.2) is 71.6 Å². The number of nitrogens with zero attached hydrogens (tertiary/aromatic N) is 1. The molecule has 2 N–H and O–H groups in total. The number of carbonyl (C=O) groups is 1. The fourth-order valence-corrected chi connectivity index (χ4v) is 5.59. The first-order valence-corrected chi connectivity index (χ1v) is 13.1. The van der Waals surface area contributed by atoms with Crippen LogP contribution in [0.1, 0.15) is 39.9 Å². The second-order valence-electron chi connectivity index (χ2n) is 8.60. The lowest BCUT2D eigenvalue weighted by molar-refractivity contribution is 0.0950. The third kappa shape index (κ3) is 6.17. The molecule has 4 rings (SSSR count). The molecule has 1 aliphatic rings. The topological polar surface area (TPSA) is 78.5 Å². The van der Waals surface area contributed by atoms with Crippen LogP contribution in [0.25, 0.3) is 0 Å². The van der Waals surface area contributed by atoms with E-state index in [4.69, 9.17) is 11.6 Å². The predicted octanol–water partition coefficient (Wildman–Crippen LogP) is 4.98. The molecule has 0 aliphatic carbocycles. The first kappa shape index (κ1) is 24.3. The summed E-state index contributed by atoms with van der Waals surface area (Å²) in [4.78, 5) is 15.0. The molecule has 178 valence electrons. The third-order valence-corrected chi connectivity index (χ3v) is 7.70. The molecule has 1 heterocycles. The van der Waals surface area contributed by atoms with Gasteiger partial charge in [-0.1, -0.05) is 48.0 Å². The van der Waals surface area contributed by atoms with Crippen molar-refractivity contribution in [3.63, 3.8) is 0 Å². The number of halogens is 1. The number of sulfonamides is 1. The number of carbonyl (C=O) groups excluding carboxylic acids is 1. The van der Waals surface area contributed by atoms with Crippen molar-refractivity contribution >= 4 is 33.2 Å². The number of amides is 1. The van der Waals surface area contributed by atoms with Crippen molar-refractivity contribution in [2.75, 3.05) is 17.8 Å². The number of anilines is 1. The Bertz CT molecular complexity index is 1270. The zero-order valence-corrected chi connectivity index (χ0v) is 20.6. The van der Waals surface area contributed by atoms with Gasteiger partial charge in [-0.3, -0.25) is 14.4 Å². The lowest BCUT2D eigenvalue weighted by Crippen LogP contribution is -2.23. The van der Waals surface area contributed by atoms with Gasteiger partial charge < -0.3 is 5.32 Å². The zero-order valence-electron chi connectivity index (χ0n) is 19.1. The molecule has 0 saturated carbocycles. The Morgan fingerprint density at radius 1 is 0.971 bits per heavy atom. The van der Waals surface area contributed by atoms with Crippen LogP contribution in [0, 0.1) is 6.92 Å². The zero-order chi connectivity index (χ0) is 24.1. The van der Waals surface area contributed by atoms with Gasteiger partial charge in [0.15, 0.2) is 0 Å². The molecule has 8 heteroatoms. The number of likely N-dealkylation sites (tertiary alicyclic amines) is 1. The van der Waals surface area contributed by atoms with E-state index in [-0.39, 0.29) is 21.4 Å². The Morgan fingerprint density at radius 3 is 2.38 bits per heavy atom. The van der Waals surface area contributed by atoms with Gasteiger partial charge in [0.05, 0.1) is 5.02 Å². The van der Waals surface area contributed by atoms with Gasteiger partial charge in [0.1, 0.15) is 4.90 Å². The number of hydrogen-bond acceptors (Lipinski definition) is 4. The van der Waals surface area contributed by atoms with E-state index >= 15 is 0 Å². The van der Waals surface area contributed by atoms with Crippen molar-refractivity contribution in [3.05, 3.63) is 94.0 Å². The second-order valence-corrected chi connectivity index (χ2v) is 10.7. The molecular weight excluding hydrogens is 470 g/mol. The van der Waals surface area contributed by atoms with Gasteiger partial charge in [-0.25, -0.2) is 8.42 Å². The van der Waals surface area contributed by atoms with Crippen molar-refractivity contribution in [2.24, 2.45) is 0 Å². The van der Waals surface area contributed by atoms with Gasteiger partial charge in [-0.2, -0.15) is 0 Å². The van der Waals surface area contributed by atoms with E-state index in [0.29, 0.717) is 12.2 Å². The fraction of sp³-hybridized carbons (Fsp3) is 0.269. The number of rotatable bonds is 8. The summed E-state index contributed by atoms with van der Waals surface area (Å²) in [6.45, 7) is 5.46. The summed E-state index contributed by atoms with van der Waals surface area (Å²) in [6, 6.07) is 19.4. The fourth-order valence-electron chi connectivity index (χ4n) is 4.02. The third-order valence-electron chi connectivity index (χ3n) is 5.83. The number of aryl methyl sites for hydroxylation is 1. The van der Waals surface area contributed by atoms with Crippen molar-refractivity contribution < 1.29 is 13.2 Å². The molecule has 0 bridgehead atoms. The summed E-state index contributed by atoms with van der Waals surface area (Å²) >= 11 is 6.18. The molecule has 1 amide bonds. The van der Waals surface area contributed by atoms with Gasteiger partial charge in [0.2, 0.25) is 0 Å². The predicted molar refractivity (Wildman–Crippen MR) is 136 cm³/mol. The first-order chi connectivity index (χ1) is 16.3. The standard InChI is InChI=1S/C26H28ClN3O3S/c1-19-5-4-6-23(15-19)29-34(32,33)25-16-22(11-12-24(25)27)26(31)28-17-20-7-9-21(10-8-20)18-30-13-2-3-14-30/h4-12,15-16,29H,2-3,13-14,17-18H2,1H3,(H,28,31). The minimum absolute atomic E-state index is 0.0466. The van der Waals surface area contributed by atoms with E-state index in [1.165, 1.54) is 36.6 Å². The van der Waals surface area contributed by atoms with E-state index in [1.54, 1.807) is 18.2 Å². The summed E-state index contributed by atoms with van der Waals surface area (Å²) in [7, 11) is -3.96. The molecule has 3 aromatic rings. The van der Waals surface area contributed by atoms with Crippen molar-refractivity contribution in [2.45, 2.75) is 37.8 Å². The van der Waals surface area contributed by atoms with E-state index < -0.39 is 10.0 Å². The summed E-state index contributed by atoms with van der Waals surface area (Å²) in [5, 5.41) is 2.90.